The summed E-state index contributed by atoms with van der Waals surface area (Å²) < 4.78 is 17.5. The molecule has 1 unspecified atom stereocenters. The molecule has 402 valence electrons. The molecule has 0 aliphatic rings. The van der Waals surface area contributed by atoms with E-state index < -0.39 is 6.10 Å². The molecule has 0 saturated heterocycles. The van der Waals surface area contributed by atoms with Crippen molar-refractivity contribution >= 4 is 11.9 Å². The molecule has 0 rings (SSSR count). The topological polar surface area (TPSA) is 61.8 Å². The van der Waals surface area contributed by atoms with Gasteiger partial charge in [0.05, 0.1) is 6.61 Å². The molecule has 0 amide bonds. The Labute approximate surface area is 434 Å². The Kier molecular flexibility index (Phi) is 57.4. The van der Waals surface area contributed by atoms with Crippen molar-refractivity contribution in [2.75, 3.05) is 19.8 Å². The molecular weight excluding hydrogens is 861 g/mol. The molecule has 0 spiro atoms. The molecule has 0 saturated carbocycles. The predicted octanol–water partition coefficient (Wildman–Crippen LogP) is 20.6. The zero-order valence-electron chi connectivity index (χ0n) is 46.3. The van der Waals surface area contributed by atoms with E-state index in [1.54, 1.807) is 0 Å². The van der Waals surface area contributed by atoms with Crippen molar-refractivity contribution in [3.63, 3.8) is 0 Å². The summed E-state index contributed by atoms with van der Waals surface area (Å²) in [4.78, 5) is 25.6. The van der Waals surface area contributed by atoms with Crippen molar-refractivity contribution in [1.29, 1.82) is 0 Å². The van der Waals surface area contributed by atoms with Gasteiger partial charge in [0.15, 0.2) is 6.10 Å². The maximum atomic E-state index is 12.9. The summed E-state index contributed by atoms with van der Waals surface area (Å²) in [6, 6.07) is 0. The molecule has 0 aromatic carbocycles. The summed E-state index contributed by atoms with van der Waals surface area (Å²) >= 11 is 0. The second-order valence-electron chi connectivity index (χ2n) is 19.5. The molecule has 0 heterocycles. The third kappa shape index (κ3) is 57.4. The molecule has 70 heavy (non-hydrogen) atoms. The van der Waals surface area contributed by atoms with Gasteiger partial charge in [-0.1, -0.05) is 240 Å². The van der Waals surface area contributed by atoms with Crippen molar-refractivity contribution in [1.82, 2.24) is 0 Å². The molecule has 0 aliphatic heterocycles. The molecule has 5 heteroatoms. The first-order chi connectivity index (χ1) is 34.6. The first kappa shape index (κ1) is 66.8. The lowest BCUT2D eigenvalue weighted by Gasteiger charge is -2.18. The minimum absolute atomic E-state index is 0.0674. The number of allylic oxidation sites excluding steroid dienone is 16. The Morgan fingerprint density at radius 3 is 1.03 bits per heavy atom. The maximum Gasteiger partial charge on any atom is 0.306 e. The number of ether oxygens (including phenoxy) is 3. The quantitative estimate of drug-likeness (QED) is 0.0345. The van der Waals surface area contributed by atoms with Crippen LogP contribution < -0.4 is 0 Å². The first-order valence-electron chi connectivity index (χ1n) is 29.8. The van der Waals surface area contributed by atoms with Crippen molar-refractivity contribution in [3.05, 3.63) is 97.2 Å². The van der Waals surface area contributed by atoms with Crippen LogP contribution in [0.15, 0.2) is 97.2 Å². The third-order valence-corrected chi connectivity index (χ3v) is 12.6. The van der Waals surface area contributed by atoms with Gasteiger partial charge in [-0.15, -0.1) is 0 Å². The van der Waals surface area contributed by atoms with Crippen molar-refractivity contribution in [2.24, 2.45) is 0 Å². The first-order valence-corrected chi connectivity index (χ1v) is 29.8. The SMILES string of the molecule is CC/C=C\C/C=C\C/C=C\CCCCCCCCOCC(COC(=O)CCCCCCCC/C=C\C/C=C\C/C=C\CCCCC)OC(=O)CCCCCCCCCCC/C=C\C/C=C\CCCCC. The van der Waals surface area contributed by atoms with Gasteiger partial charge in [-0.25, -0.2) is 0 Å². The zero-order valence-corrected chi connectivity index (χ0v) is 46.3. The van der Waals surface area contributed by atoms with Gasteiger partial charge in [0.2, 0.25) is 0 Å². The van der Waals surface area contributed by atoms with Gasteiger partial charge >= 0.3 is 11.9 Å². The minimum atomic E-state index is -0.558. The van der Waals surface area contributed by atoms with Crippen LogP contribution in [0, 0.1) is 0 Å². The van der Waals surface area contributed by atoms with Crippen molar-refractivity contribution in [3.8, 4) is 0 Å². The molecule has 1 atom stereocenters. The summed E-state index contributed by atoms with van der Waals surface area (Å²) in [6.07, 6.45) is 81.4. The normalized spacial score (nSPS) is 12.9. The summed E-state index contributed by atoms with van der Waals surface area (Å²) in [5.41, 5.74) is 0. The van der Waals surface area contributed by atoms with E-state index in [0.717, 1.165) is 103 Å². The summed E-state index contributed by atoms with van der Waals surface area (Å²) in [7, 11) is 0. The van der Waals surface area contributed by atoms with Crippen LogP contribution in [-0.2, 0) is 23.8 Å². The molecule has 0 radical (unpaired) electrons. The van der Waals surface area contributed by atoms with Crippen LogP contribution in [0.1, 0.15) is 278 Å². The smallest absolute Gasteiger partial charge is 0.306 e. The number of carbonyl (C=O) groups is 2. The van der Waals surface area contributed by atoms with Crippen LogP contribution in [0.2, 0.25) is 0 Å². The number of esters is 2. The summed E-state index contributed by atoms with van der Waals surface area (Å²) in [6.45, 7) is 7.64. The van der Waals surface area contributed by atoms with Crippen LogP contribution in [0.3, 0.4) is 0 Å². The Balaban J connectivity index is 4.33. The zero-order chi connectivity index (χ0) is 50.6. The van der Waals surface area contributed by atoms with Gasteiger partial charge in [0.1, 0.15) is 6.61 Å². The summed E-state index contributed by atoms with van der Waals surface area (Å²) in [5.74, 6) is -0.420. The third-order valence-electron chi connectivity index (χ3n) is 12.6. The highest BCUT2D eigenvalue weighted by atomic mass is 16.6. The van der Waals surface area contributed by atoms with Crippen LogP contribution >= 0.6 is 0 Å². The van der Waals surface area contributed by atoms with Gasteiger partial charge in [-0.2, -0.15) is 0 Å². The number of unbranched alkanes of at least 4 members (excludes halogenated alkanes) is 27. The van der Waals surface area contributed by atoms with E-state index in [0.29, 0.717) is 19.4 Å². The van der Waals surface area contributed by atoms with E-state index in [1.165, 1.54) is 141 Å². The lowest BCUT2D eigenvalue weighted by atomic mass is 10.1. The Bertz CT molecular complexity index is 1330. The van der Waals surface area contributed by atoms with E-state index >= 15 is 0 Å². The fourth-order valence-corrected chi connectivity index (χ4v) is 8.15. The molecule has 0 bridgehead atoms. The van der Waals surface area contributed by atoms with Gasteiger partial charge in [-0.05, 0) is 122 Å². The second-order valence-corrected chi connectivity index (χ2v) is 19.5. The summed E-state index contributed by atoms with van der Waals surface area (Å²) in [5, 5.41) is 0. The van der Waals surface area contributed by atoms with Crippen LogP contribution in [0.5, 0.6) is 0 Å². The predicted molar refractivity (Wildman–Crippen MR) is 306 cm³/mol. The average Bonchev–Trinajstić information content (AvgIpc) is 3.36. The van der Waals surface area contributed by atoms with Gasteiger partial charge < -0.3 is 14.2 Å². The van der Waals surface area contributed by atoms with E-state index in [9.17, 15) is 9.59 Å². The van der Waals surface area contributed by atoms with E-state index in [2.05, 4.69) is 118 Å². The molecule has 0 N–H and O–H groups in total. The Hall–Kier alpha value is -3.18. The van der Waals surface area contributed by atoms with Crippen molar-refractivity contribution < 1.29 is 23.8 Å². The highest BCUT2D eigenvalue weighted by Gasteiger charge is 2.17. The highest BCUT2D eigenvalue weighted by molar-refractivity contribution is 5.70. The average molecular weight is 974 g/mol. The van der Waals surface area contributed by atoms with E-state index in [-0.39, 0.29) is 25.2 Å². The molecule has 0 aromatic heterocycles. The Morgan fingerprint density at radius 1 is 0.329 bits per heavy atom. The number of rotatable bonds is 54. The molecular formula is C65H112O5. The maximum absolute atomic E-state index is 12.9. The lowest BCUT2D eigenvalue weighted by molar-refractivity contribution is -0.163. The number of hydrogen-bond donors (Lipinski definition) is 0. The van der Waals surface area contributed by atoms with E-state index in [4.69, 9.17) is 14.2 Å². The standard InChI is InChI=1S/C65H112O5/c1-4-7-10-13-16-19-22-25-28-31-33-35-37-40-43-46-49-52-55-58-64(66)69-62-63(61-68-60-57-54-51-48-45-42-39-30-27-24-21-18-15-12-9-6-3)70-65(67)59-56-53-50-47-44-41-38-36-34-32-29-26-23-20-17-14-11-8-5-2/h9,12,16-21,25-30,33,35,63H,4-8,10-11,13-15,22-24,31-32,34,36-62H2,1-3H3/b12-9-,19-16-,20-17-,21-18-,28-25-,29-26-,30-27-,35-33-. The number of hydrogen-bond acceptors (Lipinski definition) is 5. The molecule has 0 fully saturated rings. The molecule has 0 aromatic rings. The largest absolute Gasteiger partial charge is 0.462 e. The Morgan fingerprint density at radius 2 is 0.643 bits per heavy atom. The molecule has 0 aliphatic carbocycles. The fraction of sp³-hybridized carbons (Fsp3) is 0.723. The lowest BCUT2D eigenvalue weighted by Crippen LogP contribution is -2.30. The van der Waals surface area contributed by atoms with Crippen molar-refractivity contribution in [2.45, 2.75) is 284 Å². The van der Waals surface area contributed by atoms with E-state index in [1.807, 2.05) is 0 Å². The second kappa shape index (κ2) is 60.1. The van der Waals surface area contributed by atoms with Gasteiger partial charge in [0.25, 0.3) is 0 Å². The minimum Gasteiger partial charge on any atom is -0.462 e. The van der Waals surface area contributed by atoms with Crippen LogP contribution in [0.25, 0.3) is 0 Å². The fourth-order valence-electron chi connectivity index (χ4n) is 8.15. The van der Waals surface area contributed by atoms with Crippen LogP contribution in [0.4, 0.5) is 0 Å². The van der Waals surface area contributed by atoms with Crippen LogP contribution in [-0.4, -0.2) is 37.9 Å². The van der Waals surface area contributed by atoms with Gasteiger partial charge in [0, 0.05) is 19.4 Å². The monoisotopic (exact) mass is 973 g/mol. The molecule has 5 nitrogen and oxygen atoms in total. The highest BCUT2D eigenvalue weighted by Crippen LogP contribution is 2.15. The van der Waals surface area contributed by atoms with Gasteiger partial charge in [-0.3, -0.25) is 9.59 Å². The number of carbonyl (C=O) groups excluding carboxylic acids is 2.